The predicted molar refractivity (Wildman–Crippen MR) is 115 cm³/mol. The van der Waals surface area contributed by atoms with Gasteiger partial charge in [0.25, 0.3) is 11.1 Å². The maximum Gasteiger partial charge on any atom is 0.337 e. The van der Waals surface area contributed by atoms with Crippen molar-refractivity contribution in [1.29, 1.82) is 0 Å². The largest absolute Gasteiger partial charge is 0.465 e. The van der Waals surface area contributed by atoms with Gasteiger partial charge in [-0.2, -0.15) is 0 Å². The van der Waals surface area contributed by atoms with Crippen molar-refractivity contribution in [2.45, 2.75) is 6.92 Å². The second kappa shape index (κ2) is 8.04. The van der Waals surface area contributed by atoms with Gasteiger partial charge in [0.1, 0.15) is 11.5 Å². The fraction of sp³-hybridized carbons (Fsp3) is 0.0870. The molecule has 0 saturated carbocycles. The van der Waals surface area contributed by atoms with E-state index >= 15 is 0 Å². The zero-order valence-corrected chi connectivity index (χ0v) is 17.1. The molecule has 2 aromatic carbocycles. The van der Waals surface area contributed by atoms with E-state index in [1.165, 1.54) is 7.11 Å². The van der Waals surface area contributed by atoms with Gasteiger partial charge in [0.2, 0.25) is 0 Å². The molecule has 6 nitrogen and oxygen atoms in total. The zero-order valence-electron chi connectivity index (χ0n) is 16.2. The van der Waals surface area contributed by atoms with Crippen LogP contribution in [0.4, 0.5) is 10.5 Å². The molecule has 3 aromatic rings. The minimum Gasteiger partial charge on any atom is -0.465 e. The topological polar surface area (TPSA) is 76.8 Å². The average molecular weight is 419 g/mol. The number of benzene rings is 2. The van der Waals surface area contributed by atoms with Crippen LogP contribution in [0, 0.1) is 6.92 Å². The lowest BCUT2D eigenvalue weighted by Crippen LogP contribution is -2.27. The first-order valence-electron chi connectivity index (χ1n) is 9.10. The number of amides is 2. The molecule has 0 N–H and O–H groups in total. The first kappa shape index (κ1) is 19.7. The van der Waals surface area contributed by atoms with Gasteiger partial charge in [-0.1, -0.05) is 24.3 Å². The number of esters is 1. The summed E-state index contributed by atoms with van der Waals surface area (Å²) in [7, 11) is 1.33. The van der Waals surface area contributed by atoms with Gasteiger partial charge in [0.05, 0.1) is 23.3 Å². The van der Waals surface area contributed by atoms with Crippen LogP contribution >= 0.6 is 11.8 Å². The first-order valence-corrected chi connectivity index (χ1v) is 9.92. The fourth-order valence-electron chi connectivity index (χ4n) is 3.10. The molecular weight excluding hydrogens is 402 g/mol. The molecule has 2 heterocycles. The van der Waals surface area contributed by atoms with Crippen molar-refractivity contribution in [3.8, 4) is 11.3 Å². The van der Waals surface area contributed by atoms with Crippen molar-refractivity contribution in [3.05, 3.63) is 82.5 Å². The quantitative estimate of drug-likeness (QED) is 0.423. The predicted octanol–water partition coefficient (Wildman–Crippen LogP) is 5.28. The van der Waals surface area contributed by atoms with Crippen LogP contribution in [-0.4, -0.2) is 24.2 Å². The summed E-state index contributed by atoms with van der Waals surface area (Å²) in [6.45, 7) is 1.91. The van der Waals surface area contributed by atoms with E-state index in [4.69, 9.17) is 9.15 Å². The Balaban J connectivity index is 1.63. The van der Waals surface area contributed by atoms with Crippen LogP contribution in [-0.2, 0) is 9.53 Å². The van der Waals surface area contributed by atoms with Gasteiger partial charge in [-0.3, -0.25) is 9.59 Å². The normalized spacial score (nSPS) is 15.1. The number of hydrogen-bond donors (Lipinski definition) is 0. The Morgan fingerprint density at radius 2 is 1.83 bits per heavy atom. The molecule has 0 atom stereocenters. The van der Waals surface area contributed by atoms with Crippen molar-refractivity contribution >= 4 is 40.6 Å². The van der Waals surface area contributed by atoms with Gasteiger partial charge in [0.15, 0.2) is 0 Å². The van der Waals surface area contributed by atoms with E-state index in [2.05, 4.69) is 0 Å². The molecule has 1 aromatic heterocycles. The van der Waals surface area contributed by atoms with Crippen LogP contribution in [0.15, 0.2) is 70.0 Å². The van der Waals surface area contributed by atoms with Crippen LogP contribution in [0.1, 0.15) is 21.7 Å². The Hall–Kier alpha value is -3.58. The maximum atomic E-state index is 12.7. The molecule has 1 fully saturated rings. The molecule has 150 valence electrons. The van der Waals surface area contributed by atoms with Crippen molar-refractivity contribution in [1.82, 2.24) is 0 Å². The summed E-state index contributed by atoms with van der Waals surface area (Å²) in [4.78, 5) is 38.3. The van der Waals surface area contributed by atoms with E-state index in [0.717, 1.165) is 27.8 Å². The summed E-state index contributed by atoms with van der Waals surface area (Å²) in [5.74, 6) is 0.161. The molecule has 0 aliphatic carbocycles. The van der Waals surface area contributed by atoms with Gasteiger partial charge in [-0.05, 0) is 60.6 Å². The zero-order chi connectivity index (χ0) is 21.3. The molecule has 1 aliphatic heterocycles. The van der Waals surface area contributed by atoms with Gasteiger partial charge < -0.3 is 9.15 Å². The van der Waals surface area contributed by atoms with Gasteiger partial charge >= 0.3 is 5.97 Å². The number of thioether (sulfide) groups is 1. The van der Waals surface area contributed by atoms with Crippen molar-refractivity contribution in [3.63, 3.8) is 0 Å². The summed E-state index contributed by atoms with van der Waals surface area (Å²) in [6, 6.07) is 17.5. The molecular formula is C23H17NO5S. The van der Waals surface area contributed by atoms with Crippen molar-refractivity contribution < 1.29 is 23.5 Å². The highest BCUT2D eigenvalue weighted by atomic mass is 32.2. The summed E-state index contributed by atoms with van der Waals surface area (Å²) >= 11 is 0.866. The number of carbonyl (C=O) groups excluding carboxylic acids is 3. The van der Waals surface area contributed by atoms with Crippen molar-refractivity contribution in [2.24, 2.45) is 0 Å². The summed E-state index contributed by atoms with van der Waals surface area (Å²) < 4.78 is 10.7. The Morgan fingerprint density at radius 1 is 1.07 bits per heavy atom. The van der Waals surface area contributed by atoms with Gasteiger partial charge in [-0.15, -0.1) is 0 Å². The molecule has 30 heavy (non-hydrogen) atoms. The lowest BCUT2D eigenvalue weighted by Gasteiger charge is -2.11. The molecule has 0 bridgehead atoms. The molecule has 2 amide bonds. The third kappa shape index (κ3) is 3.67. The number of ether oxygens (including phenoxy) is 1. The molecule has 0 spiro atoms. The van der Waals surface area contributed by atoms with E-state index in [9.17, 15) is 14.4 Å². The van der Waals surface area contributed by atoms with Crippen LogP contribution < -0.4 is 4.90 Å². The standard InChI is InChI=1S/C23H17NO5S/c1-14-8-9-15(22(26)28-2)12-18(14)19-11-10-17(29-19)13-20-21(25)24(23(27)30-20)16-6-4-3-5-7-16/h3-13H,1-2H3/b20-13-. The van der Waals surface area contributed by atoms with E-state index in [0.29, 0.717) is 22.8 Å². The number of aryl methyl sites for hydroxylation is 1. The van der Waals surface area contributed by atoms with Crippen LogP contribution in [0.3, 0.4) is 0 Å². The molecule has 1 aliphatic rings. The Kier molecular flexibility index (Phi) is 5.29. The highest BCUT2D eigenvalue weighted by Gasteiger charge is 2.36. The minimum absolute atomic E-state index is 0.282. The van der Waals surface area contributed by atoms with Crippen LogP contribution in [0.5, 0.6) is 0 Å². The molecule has 4 rings (SSSR count). The summed E-state index contributed by atoms with van der Waals surface area (Å²) in [6.07, 6.45) is 1.55. The van der Waals surface area contributed by atoms with E-state index in [1.807, 2.05) is 19.1 Å². The number of para-hydroxylation sites is 1. The van der Waals surface area contributed by atoms with E-state index in [1.54, 1.807) is 54.6 Å². The third-order valence-corrected chi connectivity index (χ3v) is 5.50. The maximum absolute atomic E-state index is 12.7. The number of furan rings is 1. The third-order valence-electron chi connectivity index (χ3n) is 4.63. The first-order chi connectivity index (χ1) is 14.5. The fourth-order valence-corrected chi connectivity index (χ4v) is 3.93. The second-order valence-corrected chi connectivity index (χ2v) is 7.57. The highest BCUT2D eigenvalue weighted by Crippen LogP contribution is 2.36. The number of methoxy groups -OCH3 is 1. The average Bonchev–Trinajstić information content (AvgIpc) is 3.32. The van der Waals surface area contributed by atoms with E-state index < -0.39 is 11.9 Å². The number of nitrogens with zero attached hydrogens (tertiary/aromatic N) is 1. The number of anilines is 1. The Bertz CT molecular complexity index is 1180. The smallest absolute Gasteiger partial charge is 0.337 e. The molecule has 0 radical (unpaired) electrons. The summed E-state index contributed by atoms with van der Waals surface area (Å²) in [5, 5.41) is -0.356. The molecule has 1 saturated heterocycles. The number of carbonyl (C=O) groups is 3. The van der Waals surface area contributed by atoms with Gasteiger partial charge in [-0.25, -0.2) is 9.69 Å². The Labute approximate surface area is 177 Å². The molecule has 0 unspecified atom stereocenters. The lowest BCUT2D eigenvalue weighted by molar-refractivity contribution is -0.113. The number of imide groups is 1. The van der Waals surface area contributed by atoms with Crippen LogP contribution in [0.2, 0.25) is 0 Å². The SMILES string of the molecule is COC(=O)c1ccc(C)c(-c2ccc(/C=C3\SC(=O)N(c4ccccc4)C3=O)o2)c1. The van der Waals surface area contributed by atoms with Crippen molar-refractivity contribution in [2.75, 3.05) is 12.0 Å². The number of hydrogen-bond acceptors (Lipinski definition) is 6. The second-order valence-electron chi connectivity index (χ2n) is 6.58. The number of rotatable bonds is 4. The van der Waals surface area contributed by atoms with Crippen LogP contribution in [0.25, 0.3) is 17.4 Å². The van der Waals surface area contributed by atoms with E-state index in [-0.39, 0.29) is 10.1 Å². The highest BCUT2D eigenvalue weighted by molar-refractivity contribution is 8.19. The monoisotopic (exact) mass is 419 g/mol. The lowest BCUT2D eigenvalue weighted by atomic mass is 10.0. The Morgan fingerprint density at radius 3 is 2.57 bits per heavy atom. The van der Waals surface area contributed by atoms with Gasteiger partial charge in [0, 0.05) is 11.6 Å². The summed E-state index contributed by atoms with van der Waals surface area (Å²) in [5.41, 5.74) is 2.61. The molecule has 7 heteroatoms. The minimum atomic E-state index is -0.433.